The molecule has 4 aromatic rings. The fraction of sp³-hybridized carbons (Fsp3) is 0.154. The van der Waals surface area contributed by atoms with Gasteiger partial charge in [0, 0.05) is 27.8 Å². The second kappa shape index (κ2) is 9.39. The minimum Gasteiger partial charge on any atom is -0.497 e. The van der Waals surface area contributed by atoms with Gasteiger partial charge in [0.2, 0.25) is 0 Å². The SMILES string of the molecule is COC(=O)c1nc(C)c2cc(Nc3ccc(OC)cc3)ccc2c1OCc1ccccc1. The van der Waals surface area contributed by atoms with E-state index < -0.39 is 5.97 Å². The van der Waals surface area contributed by atoms with Crippen molar-refractivity contribution in [1.82, 2.24) is 4.98 Å². The molecule has 0 amide bonds. The van der Waals surface area contributed by atoms with Crippen LogP contribution in [0.25, 0.3) is 10.8 Å². The molecule has 1 N–H and O–H groups in total. The Bertz CT molecular complexity index is 1240. The third-order valence-corrected chi connectivity index (χ3v) is 5.13. The van der Waals surface area contributed by atoms with Gasteiger partial charge in [-0.1, -0.05) is 30.3 Å². The van der Waals surface area contributed by atoms with Crippen molar-refractivity contribution in [3.8, 4) is 11.5 Å². The lowest BCUT2D eigenvalue weighted by atomic mass is 10.1. The van der Waals surface area contributed by atoms with Gasteiger partial charge in [0.15, 0.2) is 11.4 Å². The van der Waals surface area contributed by atoms with Crippen LogP contribution < -0.4 is 14.8 Å². The summed E-state index contributed by atoms with van der Waals surface area (Å²) in [6.07, 6.45) is 0. The summed E-state index contributed by atoms with van der Waals surface area (Å²) >= 11 is 0. The van der Waals surface area contributed by atoms with E-state index in [0.29, 0.717) is 18.1 Å². The second-order valence-corrected chi connectivity index (χ2v) is 7.25. The largest absolute Gasteiger partial charge is 0.497 e. The van der Waals surface area contributed by atoms with E-state index in [-0.39, 0.29) is 5.69 Å². The zero-order valence-electron chi connectivity index (χ0n) is 18.2. The lowest BCUT2D eigenvalue weighted by molar-refractivity contribution is 0.0588. The van der Waals surface area contributed by atoms with Crippen molar-refractivity contribution in [1.29, 1.82) is 0 Å². The van der Waals surface area contributed by atoms with Gasteiger partial charge < -0.3 is 19.5 Å². The highest BCUT2D eigenvalue weighted by atomic mass is 16.5. The molecule has 0 saturated carbocycles. The van der Waals surface area contributed by atoms with Gasteiger partial charge in [0.05, 0.1) is 14.2 Å². The minimum absolute atomic E-state index is 0.171. The molecule has 0 spiro atoms. The molecule has 0 unspecified atom stereocenters. The summed E-state index contributed by atoms with van der Waals surface area (Å²) < 4.78 is 16.3. The maximum atomic E-state index is 12.4. The number of anilines is 2. The average molecular weight is 428 g/mol. The summed E-state index contributed by atoms with van der Waals surface area (Å²) in [7, 11) is 2.98. The standard InChI is InChI=1S/C26H24N2O4/c1-17-23-15-20(28-19-9-12-21(30-2)13-10-19)11-14-22(23)25(24(27-17)26(29)31-3)32-16-18-7-5-4-6-8-18/h4-15,28H,16H2,1-3H3. The van der Waals surface area contributed by atoms with Gasteiger partial charge >= 0.3 is 5.97 Å². The third-order valence-electron chi connectivity index (χ3n) is 5.13. The molecule has 0 bridgehead atoms. The first-order chi connectivity index (χ1) is 15.6. The number of ether oxygens (including phenoxy) is 3. The van der Waals surface area contributed by atoms with Crippen LogP contribution in [-0.2, 0) is 11.3 Å². The Morgan fingerprint density at radius 1 is 0.906 bits per heavy atom. The molecule has 1 heterocycles. The van der Waals surface area contributed by atoms with Gasteiger partial charge in [0.25, 0.3) is 0 Å². The molecular weight excluding hydrogens is 404 g/mol. The zero-order valence-corrected chi connectivity index (χ0v) is 18.2. The lowest BCUT2D eigenvalue weighted by Crippen LogP contribution is -2.10. The van der Waals surface area contributed by atoms with E-state index in [9.17, 15) is 4.79 Å². The van der Waals surface area contributed by atoms with Crippen LogP contribution in [0.5, 0.6) is 11.5 Å². The number of hydrogen-bond donors (Lipinski definition) is 1. The van der Waals surface area contributed by atoms with Crippen LogP contribution in [0.2, 0.25) is 0 Å². The van der Waals surface area contributed by atoms with Crippen LogP contribution >= 0.6 is 0 Å². The molecule has 162 valence electrons. The van der Waals surface area contributed by atoms with Gasteiger partial charge in [-0.3, -0.25) is 0 Å². The Balaban J connectivity index is 1.71. The average Bonchev–Trinajstić information content (AvgIpc) is 2.84. The van der Waals surface area contributed by atoms with E-state index in [1.165, 1.54) is 7.11 Å². The molecule has 32 heavy (non-hydrogen) atoms. The van der Waals surface area contributed by atoms with Crippen LogP contribution in [0.3, 0.4) is 0 Å². The molecule has 4 rings (SSSR count). The van der Waals surface area contributed by atoms with Gasteiger partial charge in [-0.15, -0.1) is 0 Å². The number of fused-ring (bicyclic) bond motifs is 1. The van der Waals surface area contributed by atoms with E-state index in [1.807, 2.05) is 79.7 Å². The summed E-state index contributed by atoms with van der Waals surface area (Å²) in [5, 5.41) is 5.07. The van der Waals surface area contributed by atoms with E-state index in [4.69, 9.17) is 14.2 Å². The smallest absolute Gasteiger partial charge is 0.360 e. The van der Waals surface area contributed by atoms with Crippen LogP contribution in [0, 0.1) is 6.92 Å². The number of aromatic nitrogens is 1. The fourth-order valence-electron chi connectivity index (χ4n) is 3.48. The first-order valence-electron chi connectivity index (χ1n) is 10.2. The number of carbonyl (C=O) groups is 1. The Morgan fingerprint density at radius 2 is 1.62 bits per heavy atom. The monoisotopic (exact) mass is 428 g/mol. The van der Waals surface area contributed by atoms with Gasteiger partial charge in [-0.2, -0.15) is 0 Å². The van der Waals surface area contributed by atoms with Crippen molar-refractivity contribution in [3.05, 3.63) is 89.7 Å². The number of nitrogens with one attached hydrogen (secondary N) is 1. The Labute approximate surface area is 186 Å². The van der Waals surface area contributed by atoms with E-state index in [0.717, 1.165) is 33.5 Å². The van der Waals surface area contributed by atoms with E-state index in [1.54, 1.807) is 7.11 Å². The number of hydrogen-bond acceptors (Lipinski definition) is 6. The summed E-state index contributed by atoms with van der Waals surface area (Å²) in [6, 6.07) is 23.4. The first kappa shape index (κ1) is 21.2. The Morgan fingerprint density at radius 3 is 2.31 bits per heavy atom. The molecule has 0 radical (unpaired) electrons. The molecule has 0 aliphatic rings. The summed E-state index contributed by atoms with van der Waals surface area (Å²) in [4.78, 5) is 16.9. The maximum absolute atomic E-state index is 12.4. The number of pyridine rings is 1. The molecule has 0 atom stereocenters. The quantitative estimate of drug-likeness (QED) is 0.383. The number of rotatable bonds is 7. The highest BCUT2D eigenvalue weighted by Gasteiger charge is 2.21. The predicted molar refractivity (Wildman–Crippen MR) is 125 cm³/mol. The van der Waals surface area contributed by atoms with Crippen molar-refractivity contribution in [3.63, 3.8) is 0 Å². The molecule has 0 saturated heterocycles. The lowest BCUT2D eigenvalue weighted by Gasteiger charge is -2.16. The maximum Gasteiger partial charge on any atom is 0.360 e. The van der Waals surface area contributed by atoms with Crippen molar-refractivity contribution in [2.24, 2.45) is 0 Å². The fourth-order valence-corrected chi connectivity index (χ4v) is 3.48. The number of methoxy groups -OCH3 is 2. The van der Waals surface area contributed by atoms with Crippen molar-refractivity contribution >= 4 is 28.1 Å². The summed E-state index contributed by atoms with van der Waals surface area (Å²) in [5.41, 5.74) is 3.71. The molecule has 6 nitrogen and oxygen atoms in total. The van der Waals surface area contributed by atoms with Crippen molar-refractivity contribution < 1.29 is 19.0 Å². The molecule has 1 aromatic heterocycles. The predicted octanol–water partition coefficient (Wildman–Crippen LogP) is 5.66. The molecule has 6 heteroatoms. The Hall–Kier alpha value is -4.06. The number of aryl methyl sites for hydroxylation is 1. The first-order valence-corrected chi connectivity index (χ1v) is 10.2. The number of benzene rings is 3. The molecular formula is C26H24N2O4. The topological polar surface area (TPSA) is 69.7 Å². The van der Waals surface area contributed by atoms with Crippen molar-refractivity contribution in [2.45, 2.75) is 13.5 Å². The highest BCUT2D eigenvalue weighted by Crippen LogP contribution is 2.34. The van der Waals surface area contributed by atoms with Gasteiger partial charge in [-0.25, -0.2) is 9.78 Å². The normalized spacial score (nSPS) is 10.6. The zero-order chi connectivity index (χ0) is 22.5. The molecule has 0 aliphatic carbocycles. The number of carbonyl (C=O) groups excluding carboxylic acids is 1. The van der Waals surface area contributed by atoms with Gasteiger partial charge in [-0.05, 0) is 55.0 Å². The van der Waals surface area contributed by atoms with Crippen LogP contribution in [-0.4, -0.2) is 25.2 Å². The van der Waals surface area contributed by atoms with E-state index in [2.05, 4.69) is 10.3 Å². The van der Waals surface area contributed by atoms with Crippen LogP contribution in [0.15, 0.2) is 72.8 Å². The number of esters is 1. The third kappa shape index (κ3) is 4.49. The molecule has 0 fully saturated rings. The van der Waals surface area contributed by atoms with Gasteiger partial charge in [0.1, 0.15) is 12.4 Å². The van der Waals surface area contributed by atoms with Crippen molar-refractivity contribution in [2.75, 3.05) is 19.5 Å². The van der Waals surface area contributed by atoms with Crippen LogP contribution in [0.4, 0.5) is 11.4 Å². The highest BCUT2D eigenvalue weighted by molar-refractivity contribution is 6.01. The summed E-state index contributed by atoms with van der Waals surface area (Å²) in [6.45, 7) is 2.18. The number of nitrogens with zero attached hydrogens (tertiary/aromatic N) is 1. The molecule has 0 aliphatic heterocycles. The second-order valence-electron chi connectivity index (χ2n) is 7.25. The van der Waals surface area contributed by atoms with E-state index >= 15 is 0 Å². The Kier molecular flexibility index (Phi) is 6.22. The summed E-state index contributed by atoms with van der Waals surface area (Å²) in [5.74, 6) is 0.681. The molecule has 3 aromatic carbocycles. The minimum atomic E-state index is -0.529. The van der Waals surface area contributed by atoms with Crippen LogP contribution in [0.1, 0.15) is 21.7 Å².